The minimum Gasteiger partial charge on any atom is -0.508 e. The average Bonchev–Trinajstić information content (AvgIpc) is 2.64. The maximum absolute atomic E-state index is 10.5. The van der Waals surface area contributed by atoms with Gasteiger partial charge in [-0.05, 0) is 48.9 Å². The lowest BCUT2D eigenvalue weighted by atomic mass is 10.1. The third-order valence-corrected chi connectivity index (χ3v) is 4.64. The standard InChI is InChI=1S/C20H20N2O3/c1-13-10-14(2-5-19(13)23)18-12-20(24)16-11-15(3-4-17(16)21-18)22-6-8-25-9-7-22/h2-5,10-12,23H,6-9H2,1H3,(H,21,24). The molecule has 128 valence electrons. The Balaban J connectivity index is 1.76. The fourth-order valence-corrected chi connectivity index (χ4v) is 3.18. The van der Waals surface area contributed by atoms with Gasteiger partial charge in [-0.25, -0.2) is 4.98 Å². The average molecular weight is 336 g/mol. The number of morpholine rings is 1. The van der Waals surface area contributed by atoms with Crippen LogP contribution in [-0.4, -0.2) is 41.5 Å². The zero-order valence-electron chi connectivity index (χ0n) is 14.1. The number of hydrogen-bond acceptors (Lipinski definition) is 5. The molecule has 1 fully saturated rings. The van der Waals surface area contributed by atoms with Gasteiger partial charge in [0, 0.05) is 35.8 Å². The molecule has 4 rings (SSSR count). The second-order valence-corrected chi connectivity index (χ2v) is 6.33. The van der Waals surface area contributed by atoms with Gasteiger partial charge in [0.2, 0.25) is 0 Å². The molecular weight excluding hydrogens is 316 g/mol. The normalized spacial score (nSPS) is 14.8. The molecule has 0 bridgehead atoms. The number of ether oxygens (including phenoxy) is 1. The predicted octanol–water partition coefficient (Wildman–Crippen LogP) is 3.46. The zero-order valence-corrected chi connectivity index (χ0v) is 14.1. The fourth-order valence-electron chi connectivity index (χ4n) is 3.18. The van der Waals surface area contributed by atoms with Crippen LogP contribution in [0.25, 0.3) is 22.2 Å². The topological polar surface area (TPSA) is 65.8 Å². The van der Waals surface area contributed by atoms with Crippen LogP contribution in [0.1, 0.15) is 5.56 Å². The molecule has 0 atom stereocenters. The third-order valence-electron chi connectivity index (χ3n) is 4.64. The number of anilines is 1. The van der Waals surface area contributed by atoms with Crippen LogP contribution in [0.3, 0.4) is 0 Å². The number of aromatic nitrogens is 1. The van der Waals surface area contributed by atoms with E-state index in [0.29, 0.717) is 5.69 Å². The Kier molecular flexibility index (Phi) is 3.93. The van der Waals surface area contributed by atoms with E-state index in [4.69, 9.17) is 4.74 Å². The van der Waals surface area contributed by atoms with Crippen molar-refractivity contribution >= 4 is 16.6 Å². The molecule has 0 spiro atoms. The molecule has 5 heteroatoms. The Morgan fingerprint density at radius 2 is 1.76 bits per heavy atom. The van der Waals surface area contributed by atoms with Gasteiger partial charge in [0.15, 0.2) is 0 Å². The maximum Gasteiger partial charge on any atom is 0.127 e. The largest absolute Gasteiger partial charge is 0.508 e. The summed E-state index contributed by atoms with van der Waals surface area (Å²) in [6.45, 7) is 4.99. The van der Waals surface area contributed by atoms with Crippen LogP contribution in [0.4, 0.5) is 5.69 Å². The van der Waals surface area contributed by atoms with Crippen LogP contribution in [0.2, 0.25) is 0 Å². The highest BCUT2D eigenvalue weighted by atomic mass is 16.5. The van der Waals surface area contributed by atoms with E-state index in [2.05, 4.69) is 9.88 Å². The molecule has 1 aliphatic heterocycles. The Morgan fingerprint density at radius 3 is 2.52 bits per heavy atom. The Bertz CT molecular complexity index is 934. The van der Waals surface area contributed by atoms with E-state index in [1.54, 1.807) is 18.2 Å². The van der Waals surface area contributed by atoms with E-state index in [1.165, 1.54) is 0 Å². The van der Waals surface area contributed by atoms with Crippen molar-refractivity contribution in [3.63, 3.8) is 0 Å². The number of phenolic OH excluding ortho intramolecular Hbond substituents is 1. The molecule has 0 saturated carbocycles. The highest BCUT2D eigenvalue weighted by molar-refractivity contribution is 5.90. The third kappa shape index (κ3) is 2.98. The minimum atomic E-state index is 0.209. The van der Waals surface area contributed by atoms with Gasteiger partial charge in [-0.15, -0.1) is 0 Å². The molecule has 0 unspecified atom stereocenters. The number of fused-ring (bicyclic) bond motifs is 1. The molecular formula is C20H20N2O3. The lowest BCUT2D eigenvalue weighted by Gasteiger charge is -2.29. The lowest BCUT2D eigenvalue weighted by molar-refractivity contribution is 0.122. The van der Waals surface area contributed by atoms with Gasteiger partial charge in [0.05, 0.1) is 24.4 Å². The molecule has 2 N–H and O–H groups in total. The smallest absolute Gasteiger partial charge is 0.127 e. The van der Waals surface area contributed by atoms with E-state index in [0.717, 1.165) is 54.0 Å². The first kappa shape index (κ1) is 15.7. The maximum atomic E-state index is 10.5. The monoisotopic (exact) mass is 336 g/mol. The summed E-state index contributed by atoms with van der Waals surface area (Å²) >= 11 is 0. The Hall–Kier alpha value is -2.79. The highest BCUT2D eigenvalue weighted by Gasteiger charge is 2.14. The van der Waals surface area contributed by atoms with Crippen LogP contribution in [0.5, 0.6) is 11.5 Å². The van der Waals surface area contributed by atoms with Gasteiger partial charge in [0.25, 0.3) is 0 Å². The number of rotatable bonds is 2. The quantitative estimate of drug-likeness (QED) is 0.750. The number of pyridine rings is 1. The molecule has 2 heterocycles. The summed E-state index contributed by atoms with van der Waals surface area (Å²) in [7, 11) is 0. The van der Waals surface area contributed by atoms with Gasteiger partial charge in [0.1, 0.15) is 11.5 Å². The van der Waals surface area contributed by atoms with Crippen molar-refractivity contribution in [3.05, 3.63) is 48.0 Å². The first-order valence-electron chi connectivity index (χ1n) is 8.38. The first-order valence-corrected chi connectivity index (χ1v) is 8.38. The van der Waals surface area contributed by atoms with Crippen molar-refractivity contribution in [1.82, 2.24) is 4.98 Å². The number of phenols is 1. The molecule has 1 saturated heterocycles. The number of nitrogens with zero attached hydrogens (tertiary/aromatic N) is 2. The summed E-state index contributed by atoms with van der Waals surface area (Å²) in [5.41, 5.74) is 4.15. The summed E-state index contributed by atoms with van der Waals surface area (Å²) < 4.78 is 5.39. The van der Waals surface area contributed by atoms with Crippen molar-refractivity contribution in [3.8, 4) is 22.8 Å². The highest BCUT2D eigenvalue weighted by Crippen LogP contribution is 2.33. The van der Waals surface area contributed by atoms with Crippen molar-refractivity contribution in [2.45, 2.75) is 6.92 Å². The van der Waals surface area contributed by atoms with Gasteiger partial charge < -0.3 is 19.8 Å². The van der Waals surface area contributed by atoms with Crippen LogP contribution in [0.15, 0.2) is 42.5 Å². The SMILES string of the molecule is Cc1cc(-c2cc(O)c3cc(N4CCOCC4)ccc3n2)ccc1O. The Morgan fingerprint density at radius 1 is 0.960 bits per heavy atom. The van der Waals surface area contributed by atoms with Crippen molar-refractivity contribution in [1.29, 1.82) is 0 Å². The molecule has 25 heavy (non-hydrogen) atoms. The van der Waals surface area contributed by atoms with E-state index in [-0.39, 0.29) is 11.5 Å². The van der Waals surface area contributed by atoms with Crippen LogP contribution >= 0.6 is 0 Å². The summed E-state index contributed by atoms with van der Waals surface area (Å²) in [6.07, 6.45) is 0. The van der Waals surface area contributed by atoms with Gasteiger partial charge in [-0.1, -0.05) is 0 Å². The Labute approximate surface area is 146 Å². The van der Waals surface area contributed by atoms with Crippen molar-refractivity contribution < 1.29 is 14.9 Å². The zero-order chi connectivity index (χ0) is 17.4. The van der Waals surface area contributed by atoms with Crippen LogP contribution in [-0.2, 0) is 4.74 Å². The molecule has 5 nitrogen and oxygen atoms in total. The van der Waals surface area contributed by atoms with Crippen LogP contribution in [0, 0.1) is 6.92 Å². The molecule has 0 amide bonds. The summed E-state index contributed by atoms with van der Waals surface area (Å²) in [5.74, 6) is 0.463. The molecule has 0 aliphatic carbocycles. The minimum absolute atomic E-state index is 0.209. The molecule has 0 radical (unpaired) electrons. The van der Waals surface area contributed by atoms with E-state index < -0.39 is 0 Å². The number of benzene rings is 2. The molecule has 3 aromatic rings. The van der Waals surface area contributed by atoms with E-state index >= 15 is 0 Å². The van der Waals surface area contributed by atoms with Gasteiger partial charge in [-0.2, -0.15) is 0 Å². The van der Waals surface area contributed by atoms with Gasteiger partial charge in [-0.3, -0.25) is 0 Å². The number of hydrogen-bond donors (Lipinski definition) is 2. The number of aryl methyl sites for hydroxylation is 1. The van der Waals surface area contributed by atoms with Crippen molar-refractivity contribution in [2.24, 2.45) is 0 Å². The van der Waals surface area contributed by atoms with E-state index in [9.17, 15) is 10.2 Å². The lowest BCUT2D eigenvalue weighted by Crippen LogP contribution is -2.36. The molecule has 1 aliphatic rings. The molecule has 2 aromatic carbocycles. The fraction of sp³-hybridized carbons (Fsp3) is 0.250. The predicted molar refractivity (Wildman–Crippen MR) is 98.3 cm³/mol. The summed E-state index contributed by atoms with van der Waals surface area (Å²) in [4.78, 5) is 6.93. The van der Waals surface area contributed by atoms with Crippen LogP contribution < -0.4 is 4.90 Å². The summed E-state index contributed by atoms with van der Waals surface area (Å²) in [5, 5.41) is 21.0. The van der Waals surface area contributed by atoms with Gasteiger partial charge >= 0.3 is 0 Å². The number of aromatic hydroxyl groups is 2. The van der Waals surface area contributed by atoms with E-state index in [1.807, 2.05) is 31.2 Å². The second-order valence-electron chi connectivity index (χ2n) is 6.33. The second kappa shape index (κ2) is 6.26. The van der Waals surface area contributed by atoms with Crippen molar-refractivity contribution in [2.75, 3.05) is 31.2 Å². The first-order chi connectivity index (χ1) is 12.1. The molecule has 1 aromatic heterocycles. The summed E-state index contributed by atoms with van der Waals surface area (Å²) in [6, 6.07) is 13.0.